The normalized spacial score (nSPS) is 21.5. The van der Waals surface area contributed by atoms with Gasteiger partial charge in [0.05, 0.1) is 29.3 Å². The van der Waals surface area contributed by atoms with Crippen LogP contribution in [0.25, 0.3) is 0 Å². The molecule has 1 fully saturated rings. The second-order valence-corrected chi connectivity index (χ2v) is 5.79. The summed E-state index contributed by atoms with van der Waals surface area (Å²) >= 11 is 2.89. The summed E-state index contributed by atoms with van der Waals surface area (Å²) < 4.78 is 32.5. The largest absolute Gasteiger partial charge is 0.379 e. The van der Waals surface area contributed by atoms with Gasteiger partial charge in [-0.05, 0) is 35.0 Å². The molecule has 1 aromatic carbocycles. The molecular weight excluding hydrogens is 346 g/mol. The second kappa shape index (κ2) is 7.29. The van der Waals surface area contributed by atoms with Crippen LogP contribution >= 0.6 is 15.9 Å². The average molecular weight is 363 g/mol. The van der Waals surface area contributed by atoms with Gasteiger partial charge in [-0.25, -0.2) is 8.78 Å². The number of carbonyl (C=O) groups is 1. The molecule has 1 amide bonds. The van der Waals surface area contributed by atoms with Gasteiger partial charge in [0.15, 0.2) is 0 Å². The van der Waals surface area contributed by atoms with E-state index in [1.807, 2.05) is 6.92 Å². The fourth-order valence-corrected chi connectivity index (χ4v) is 2.50. The van der Waals surface area contributed by atoms with Crippen LogP contribution in [-0.4, -0.2) is 31.7 Å². The highest BCUT2D eigenvalue weighted by molar-refractivity contribution is 9.10. The zero-order valence-corrected chi connectivity index (χ0v) is 13.2. The molecule has 0 radical (unpaired) electrons. The molecule has 0 saturated carbocycles. The van der Waals surface area contributed by atoms with Crippen molar-refractivity contribution in [3.05, 3.63) is 28.2 Å². The SMILES string of the molecule is CCCNC1COCC1C(=O)Nc1cc(F)c(Br)cc1F. The second-order valence-electron chi connectivity index (χ2n) is 4.94. The Morgan fingerprint density at radius 2 is 2.14 bits per heavy atom. The summed E-state index contributed by atoms with van der Waals surface area (Å²) in [4.78, 5) is 12.2. The van der Waals surface area contributed by atoms with Crippen LogP contribution in [0.4, 0.5) is 14.5 Å². The lowest BCUT2D eigenvalue weighted by Gasteiger charge is -2.18. The summed E-state index contributed by atoms with van der Waals surface area (Å²) in [5.41, 5.74) is -0.165. The summed E-state index contributed by atoms with van der Waals surface area (Å²) in [6.07, 6.45) is 0.942. The Morgan fingerprint density at radius 3 is 2.86 bits per heavy atom. The molecular formula is C14H17BrF2N2O2. The molecule has 4 nitrogen and oxygen atoms in total. The van der Waals surface area contributed by atoms with Crippen molar-refractivity contribution < 1.29 is 18.3 Å². The molecule has 1 aromatic rings. The number of benzene rings is 1. The number of halogens is 3. The Morgan fingerprint density at radius 1 is 1.38 bits per heavy atom. The van der Waals surface area contributed by atoms with E-state index < -0.39 is 17.6 Å². The lowest BCUT2D eigenvalue weighted by molar-refractivity contribution is -0.120. The standard InChI is InChI=1S/C14H17BrF2N2O2/c1-2-3-18-13-7-21-6-8(13)14(20)19-12-5-10(16)9(15)4-11(12)17/h4-5,8,13,18H,2-3,6-7H2,1H3,(H,19,20). The Bertz CT molecular complexity index is 528. The number of hydrogen-bond donors (Lipinski definition) is 2. The molecule has 116 valence electrons. The number of anilines is 1. The summed E-state index contributed by atoms with van der Waals surface area (Å²) in [5, 5.41) is 5.65. The lowest BCUT2D eigenvalue weighted by Crippen LogP contribution is -2.41. The van der Waals surface area contributed by atoms with Gasteiger partial charge in [-0.2, -0.15) is 0 Å². The third-order valence-electron chi connectivity index (χ3n) is 3.34. The predicted molar refractivity (Wildman–Crippen MR) is 79.1 cm³/mol. The molecule has 21 heavy (non-hydrogen) atoms. The maximum absolute atomic E-state index is 13.7. The third kappa shape index (κ3) is 3.99. The van der Waals surface area contributed by atoms with E-state index in [0.717, 1.165) is 25.1 Å². The maximum Gasteiger partial charge on any atom is 0.231 e. The summed E-state index contributed by atoms with van der Waals surface area (Å²) in [6.45, 7) is 3.51. The molecule has 0 bridgehead atoms. The number of carbonyl (C=O) groups excluding carboxylic acids is 1. The predicted octanol–water partition coefficient (Wildman–Crippen LogP) is 2.68. The molecule has 7 heteroatoms. The van der Waals surface area contributed by atoms with E-state index in [-0.39, 0.29) is 28.7 Å². The first-order chi connectivity index (χ1) is 10.0. The Balaban J connectivity index is 2.05. The minimum absolute atomic E-state index is 0.0182. The quantitative estimate of drug-likeness (QED) is 0.791. The van der Waals surface area contributed by atoms with Crippen LogP contribution in [-0.2, 0) is 9.53 Å². The van der Waals surface area contributed by atoms with E-state index in [1.54, 1.807) is 0 Å². The third-order valence-corrected chi connectivity index (χ3v) is 3.95. The monoisotopic (exact) mass is 362 g/mol. The Kier molecular flexibility index (Phi) is 5.66. The van der Waals surface area contributed by atoms with Gasteiger partial charge in [0, 0.05) is 12.1 Å². The molecule has 1 heterocycles. The van der Waals surface area contributed by atoms with Crippen molar-refractivity contribution in [2.45, 2.75) is 19.4 Å². The highest BCUT2D eigenvalue weighted by Crippen LogP contribution is 2.24. The molecule has 0 aromatic heterocycles. The van der Waals surface area contributed by atoms with Gasteiger partial charge in [0.25, 0.3) is 0 Å². The van der Waals surface area contributed by atoms with E-state index in [0.29, 0.717) is 6.61 Å². The minimum atomic E-state index is -0.686. The van der Waals surface area contributed by atoms with Crippen molar-refractivity contribution in [2.75, 3.05) is 25.1 Å². The van der Waals surface area contributed by atoms with Crippen molar-refractivity contribution in [3.63, 3.8) is 0 Å². The molecule has 0 spiro atoms. The zero-order chi connectivity index (χ0) is 15.4. The summed E-state index contributed by atoms with van der Waals surface area (Å²) in [7, 11) is 0. The summed E-state index contributed by atoms with van der Waals surface area (Å²) in [6, 6.07) is 1.85. The van der Waals surface area contributed by atoms with Gasteiger partial charge in [0.2, 0.25) is 5.91 Å². The molecule has 2 N–H and O–H groups in total. The van der Waals surface area contributed by atoms with E-state index >= 15 is 0 Å². The Labute approximate surface area is 130 Å². The maximum atomic E-state index is 13.7. The van der Waals surface area contributed by atoms with Gasteiger partial charge in [0.1, 0.15) is 11.6 Å². The highest BCUT2D eigenvalue weighted by atomic mass is 79.9. The molecule has 1 aliphatic rings. The van der Waals surface area contributed by atoms with Crippen LogP contribution in [0.15, 0.2) is 16.6 Å². The number of nitrogens with one attached hydrogen (secondary N) is 2. The number of rotatable bonds is 5. The first kappa shape index (κ1) is 16.3. The van der Waals surface area contributed by atoms with Gasteiger partial charge in [-0.1, -0.05) is 6.92 Å². The van der Waals surface area contributed by atoms with Gasteiger partial charge in [-0.15, -0.1) is 0 Å². The summed E-state index contributed by atoms with van der Waals surface area (Å²) in [5.74, 6) is -2.10. The topological polar surface area (TPSA) is 50.4 Å². The van der Waals surface area contributed by atoms with Crippen LogP contribution in [0.3, 0.4) is 0 Å². The van der Waals surface area contributed by atoms with E-state index in [9.17, 15) is 13.6 Å². The van der Waals surface area contributed by atoms with Crippen LogP contribution in [0.2, 0.25) is 0 Å². The van der Waals surface area contributed by atoms with E-state index in [2.05, 4.69) is 26.6 Å². The molecule has 1 saturated heterocycles. The molecule has 2 rings (SSSR count). The van der Waals surface area contributed by atoms with Gasteiger partial charge in [-0.3, -0.25) is 4.79 Å². The first-order valence-corrected chi connectivity index (χ1v) is 7.58. The first-order valence-electron chi connectivity index (χ1n) is 6.79. The number of amides is 1. The number of ether oxygens (including phenoxy) is 1. The van der Waals surface area contributed by atoms with Crippen molar-refractivity contribution >= 4 is 27.5 Å². The van der Waals surface area contributed by atoms with Crippen LogP contribution < -0.4 is 10.6 Å². The number of hydrogen-bond acceptors (Lipinski definition) is 3. The van der Waals surface area contributed by atoms with E-state index in [1.165, 1.54) is 0 Å². The van der Waals surface area contributed by atoms with Crippen molar-refractivity contribution in [1.29, 1.82) is 0 Å². The molecule has 2 atom stereocenters. The molecule has 1 aliphatic heterocycles. The van der Waals surface area contributed by atoms with E-state index in [4.69, 9.17) is 4.74 Å². The molecule has 0 aliphatic carbocycles. The zero-order valence-electron chi connectivity index (χ0n) is 11.6. The van der Waals surface area contributed by atoms with Crippen LogP contribution in [0.5, 0.6) is 0 Å². The Hall–Kier alpha value is -1.05. The fraction of sp³-hybridized carbons (Fsp3) is 0.500. The fourth-order valence-electron chi connectivity index (χ4n) is 2.19. The highest BCUT2D eigenvalue weighted by Gasteiger charge is 2.34. The van der Waals surface area contributed by atoms with Crippen LogP contribution in [0, 0.1) is 17.6 Å². The van der Waals surface area contributed by atoms with Crippen LogP contribution in [0.1, 0.15) is 13.3 Å². The van der Waals surface area contributed by atoms with Crippen molar-refractivity contribution in [3.8, 4) is 0 Å². The van der Waals surface area contributed by atoms with Crippen molar-refractivity contribution in [2.24, 2.45) is 5.92 Å². The van der Waals surface area contributed by atoms with Gasteiger partial charge >= 0.3 is 0 Å². The lowest BCUT2D eigenvalue weighted by atomic mass is 10.0. The molecule has 2 unspecified atom stereocenters. The minimum Gasteiger partial charge on any atom is -0.379 e. The van der Waals surface area contributed by atoms with Gasteiger partial charge < -0.3 is 15.4 Å². The van der Waals surface area contributed by atoms with Crippen molar-refractivity contribution in [1.82, 2.24) is 5.32 Å². The average Bonchev–Trinajstić information content (AvgIpc) is 2.91. The smallest absolute Gasteiger partial charge is 0.231 e.